The summed E-state index contributed by atoms with van der Waals surface area (Å²) in [4.78, 5) is 27.7. The number of nitrogens with one attached hydrogen (secondary N) is 1. The van der Waals surface area contributed by atoms with Crippen LogP contribution in [0.3, 0.4) is 0 Å². The van der Waals surface area contributed by atoms with Crippen LogP contribution in [0.25, 0.3) is 11.0 Å². The third kappa shape index (κ3) is 2.63. The molecule has 3 aromatic rings. The maximum Gasteiger partial charge on any atom is 0.265 e. The highest BCUT2D eigenvalue weighted by Gasteiger charge is 2.28. The molecule has 2 aromatic heterocycles. The van der Waals surface area contributed by atoms with E-state index in [1.807, 2.05) is 36.1 Å². The Morgan fingerprint density at radius 2 is 2.26 bits per heavy atom. The fourth-order valence-corrected chi connectivity index (χ4v) is 3.97. The van der Waals surface area contributed by atoms with Crippen LogP contribution in [0.1, 0.15) is 39.9 Å². The molecule has 0 saturated carbocycles. The van der Waals surface area contributed by atoms with Gasteiger partial charge < -0.3 is 9.88 Å². The van der Waals surface area contributed by atoms with E-state index in [9.17, 15) is 4.79 Å². The number of aromatic amines is 1. The number of rotatable bonds is 2. The molecule has 1 amide bonds. The van der Waals surface area contributed by atoms with E-state index in [-0.39, 0.29) is 11.8 Å². The lowest BCUT2D eigenvalue weighted by Crippen LogP contribution is -2.39. The van der Waals surface area contributed by atoms with Crippen molar-refractivity contribution < 1.29 is 4.79 Å². The molecule has 118 valence electrons. The largest absolute Gasteiger partial charge is 0.342 e. The van der Waals surface area contributed by atoms with Crippen molar-refractivity contribution in [3.05, 3.63) is 46.2 Å². The Morgan fingerprint density at radius 3 is 3.04 bits per heavy atom. The zero-order chi connectivity index (χ0) is 15.8. The van der Waals surface area contributed by atoms with Gasteiger partial charge in [0.15, 0.2) is 0 Å². The van der Waals surface area contributed by atoms with Crippen molar-refractivity contribution in [2.45, 2.75) is 25.7 Å². The van der Waals surface area contributed by atoms with Crippen LogP contribution in [-0.2, 0) is 0 Å². The molecule has 0 spiro atoms. The third-order valence-electron chi connectivity index (χ3n) is 4.44. The molecule has 3 heterocycles. The molecule has 1 saturated heterocycles. The quantitative estimate of drug-likeness (QED) is 0.785. The molecule has 0 aliphatic carbocycles. The van der Waals surface area contributed by atoms with Gasteiger partial charge in [-0.25, -0.2) is 9.97 Å². The molecule has 23 heavy (non-hydrogen) atoms. The van der Waals surface area contributed by atoms with Crippen molar-refractivity contribution in [1.29, 1.82) is 0 Å². The number of aryl methyl sites for hydroxylation is 1. The van der Waals surface area contributed by atoms with Crippen molar-refractivity contribution in [3.63, 3.8) is 0 Å². The summed E-state index contributed by atoms with van der Waals surface area (Å²) < 4.78 is 0. The summed E-state index contributed by atoms with van der Waals surface area (Å²) in [6.07, 6.45) is 2.07. The van der Waals surface area contributed by atoms with Crippen molar-refractivity contribution in [2.75, 3.05) is 13.1 Å². The highest BCUT2D eigenvalue weighted by molar-refractivity contribution is 7.11. The number of carbonyl (C=O) groups is 1. The molecule has 1 N–H and O–H groups in total. The van der Waals surface area contributed by atoms with Crippen LogP contribution in [0.15, 0.2) is 29.8 Å². The van der Waals surface area contributed by atoms with Gasteiger partial charge >= 0.3 is 0 Å². The van der Waals surface area contributed by atoms with Gasteiger partial charge in [-0.1, -0.05) is 12.1 Å². The minimum Gasteiger partial charge on any atom is -0.342 e. The summed E-state index contributed by atoms with van der Waals surface area (Å²) >= 11 is 1.43. The number of carbonyl (C=O) groups excluding carboxylic acids is 1. The first-order valence-corrected chi connectivity index (χ1v) is 8.74. The third-order valence-corrected chi connectivity index (χ3v) is 5.36. The summed E-state index contributed by atoms with van der Waals surface area (Å²) in [5, 5.41) is 0. The van der Waals surface area contributed by atoms with Crippen molar-refractivity contribution in [3.8, 4) is 0 Å². The summed E-state index contributed by atoms with van der Waals surface area (Å²) in [5.41, 5.74) is 4.61. The number of aromatic nitrogens is 3. The Hall–Kier alpha value is -2.21. The molecule has 1 aromatic carbocycles. The van der Waals surface area contributed by atoms with E-state index in [1.54, 1.807) is 5.51 Å². The van der Waals surface area contributed by atoms with Gasteiger partial charge in [0.2, 0.25) is 0 Å². The minimum atomic E-state index is 0.103. The number of fused-ring (bicyclic) bond motifs is 1. The molecule has 4 rings (SSSR count). The number of nitrogens with zero attached hydrogens (tertiary/aromatic N) is 3. The lowest BCUT2D eigenvalue weighted by Gasteiger charge is -2.31. The maximum absolute atomic E-state index is 12.7. The molecule has 1 aliphatic rings. The fourth-order valence-electron chi connectivity index (χ4n) is 3.20. The van der Waals surface area contributed by atoms with Gasteiger partial charge in [-0.2, -0.15) is 0 Å². The lowest BCUT2D eigenvalue weighted by atomic mass is 9.97. The number of hydrogen-bond acceptors (Lipinski definition) is 4. The highest BCUT2D eigenvalue weighted by atomic mass is 32.1. The maximum atomic E-state index is 12.7. The van der Waals surface area contributed by atoms with E-state index in [0.717, 1.165) is 53.4 Å². The number of thiazole rings is 1. The van der Waals surface area contributed by atoms with Gasteiger partial charge in [0, 0.05) is 19.0 Å². The predicted molar refractivity (Wildman–Crippen MR) is 90.8 cm³/mol. The second-order valence-corrected chi connectivity index (χ2v) is 6.85. The van der Waals surface area contributed by atoms with Crippen molar-refractivity contribution >= 4 is 28.3 Å². The fraction of sp³-hybridized carbons (Fsp3) is 0.353. The highest BCUT2D eigenvalue weighted by Crippen LogP contribution is 2.28. The topological polar surface area (TPSA) is 61.9 Å². The molecule has 0 unspecified atom stereocenters. The smallest absolute Gasteiger partial charge is 0.265 e. The number of likely N-dealkylation sites (tertiary alicyclic amines) is 1. The van der Waals surface area contributed by atoms with Crippen molar-refractivity contribution in [2.24, 2.45) is 0 Å². The average Bonchev–Trinajstić information content (AvgIpc) is 3.20. The Balaban J connectivity index is 1.57. The number of imidazole rings is 1. The lowest BCUT2D eigenvalue weighted by molar-refractivity contribution is 0.0709. The molecule has 5 nitrogen and oxygen atoms in total. The average molecular weight is 326 g/mol. The van der Waals surface area contributed by atoms with Crippen LogP contribution >= 0.6 is 11.3 Å². The molecule has 0 bridgehead atoms. The number of benzene rings is 1. The molecule has 1 atom stereocenters. The molecular weight excluding hydrogens is 308 g/mol. The molecule has 6 heteroatoms. The van der Waals surface area contributed by atoms with E-state index in [4.69, 9.17) is 4.98 Å². The summed E-state index contributed by atoms with van der Waals surface area (Å²) in [7, 11) is 0. The number of piperidine rings is 1. The number of para-hydroxylation sites is 2. The molecule has 1 fully saturated rings. The zero-order valence-corrected chi connectivity index (χ0v) is 13.8. The second kappa shape index (κ2) is 5.77. The number of H-pyrrole nitrogens is 1. The van der Waals surface area contributed by atoms with Gasteiger partial charge in [0.05, 0.1) is 22.2 Å². The minimum absolute atomic E-state index is 0.103. The van der Waals surface area contributed by atoms with E-state index < -0.39 is 0 Å². The van der Waals surface area contributed by atoms with E-state index in [1.165, 1.54) is 11.3 Å². The van der Waals surface area contributed by atoms with E-state index >= 15 is 0 Å². The predicted octanol–water partition coefficient (Wildman–Crippen LogP) is 3.35. The van der Waals surface area contributed by atoms with Gasteiger partial charge in [-0.15, -0.1) is 11.3 Å². The summed E-state index contributed by atoms with van der Waals surface area (Å²) in [6, 6.07) is 8.06. The first-order chi connectivity index (χ1) is 11.2. The summed E-state index contributed by atoms with van der Waals surface area (Å²) in [5.74, 6) is 1.36. The van der Waals surface area contributed by atoms with Crippen LogP contribution in [0.4, 0.5) is 0 Å². The first kappa shape index (κ1) is 14.4. The van der Waals surface area contributed by atoms with Crippen LogP contribution in [0, 0.1) is 6.92 Å². The van der Waals surface area contributed by atoms with Crippen LogP contribution < -0.4 is 0 Å². The van der Waals surface area contributed by atoms with Gasteiger partial charge in [0.1, 0.15) is 10.7 Å². The Kier molecular flexibility index (Phi) is 3.61. The van der Waals surface area contributed by atoms with Crippen LogP contribution in [0.2, 0.25) is 0 Å². The van der Waals surface area contributed by atoms with E-state index in [2.05, 4.69) is 9.97 Å². The monoisotopic (exact) mass is 326 g/mol. The van der Waals surface area contributed by atoms with Gasteiger partial charge in [-0.3, -0.25) is 4.79 Å². The number of amides is 1. The Bertz CT molecular complexity index is 820. The van der Waals surface area contributed by atoms with Gasteiger partial charge in [-0.05, 0) is 31.9 Å². The van der Waals surface area contributed by atoms with Crippen LogP contribution in [-0.4, -0.2) is 38.8 Å². The van der Waals surface area contributed by atoms with E-state index in [0.29, 0.717) is 0 Å². The Morgan fingerprint density at radius 1 is 1.39 bits per heavy atom. The molecule has 1 aliphatic heterocycles. The normalized spacial score (nSPS) is 18.5. The standard InChI is InChI=1S/C17H18N4OS/c1-11-15(23-10-18-11)17(22)21-8-4-5-12(9-21)16-19-13-6-2-3-7-14(13)20-16/h2-3,6-7,10,12H,4-5,8-9H2,1H3,(H,19,20)/t12-/m0/s1. The second-order valence-electron chi connectivity index (χ2n) is 6.00. The van der Waals surface area contributed by atoms with Crippen LogP contribution in [0.5, 0.6) is 0 Å². The summed E-state index contributed by atoms with van der Waals surface area (Å²) in [6.45, 7) is 3.42. The first-order valence-electron chi connectivity index (χ1n) is 7.86. The number of hydrogen-bond donors (Lipinski definition) is 1. The zero-order valence-electron chi connectivity index (χ0n) is 13.0. The van der Waals surface area contributed by atoms with Gasteiger partial charge in [0.25, 0.3) is 5.91 Å². The SMILES string of the molecule is Cc1ncsc1C(=O)N1CCC[C@H](c2nc3ccccc3[nH]2)C1. The Labute approximate surface area is 138 Å². The van der Waals surface area contributed by atoms with Crippen molar-refractivity contribution in [1.82, 2.24) is 19.9 Å². The molecular formula is C17H18N4OS. The molecule has 0 radical (unpaired) electrons.